The van der Waals surface area contributed by atoms with Crippen LogP contribution < -0.4 is 4.90 Å². The summed E-state index contributed by atoms with van der Waals surface area (Å²) < 4.78 is 51.7. The Morgan fingerprint density at radius 1 is 1.12 bits per heavy atom. The van der Waals surface area contributed by atoms with Crippen molar-refractivity contribution in [1.29, 1.82) is 0 Å². The second-order valence-electron chi connectivity index (χ2n) is 6.15. The lowest BCUT2D eigenvalue weighted by Gasteiger charge is -2.36. The smallest absolute Gasteiger partial charge is 0.368 e. The second-order valence-corrected chi connectivity index (χ2v) is 6.15. The summed E-state index contributed by atoms with van der Waals surface area (Å²) in [5, 5.41) is 0. The van der Waals surface area contributed by atoms with Gasteiger partial charge in [0.1, 0.15) is 11.5 Å². The van der Waals surface area contributed by atoms with Crippen molar-refractivity contribution in [2.24, 2.45) is 0 Å². The molecule has 3 rings (SSSR count). The zero-order valence-electron chi connectivity index (χ0n) is 14.1. The minimum atomic E-state index is -4.39. The highest BCUT2D eigenvalue weighted by atomic mass is 19.4. The molecule has 2 aromatic rings. The van der Waals surface area contributed by atoms with Crippen LogP contribution in [0.2, 0.25) is 0 Å². The van der Waals surface area contributed by atoms with Crippen molar-refractivity contribution in [3.8, 4) is 0 Å². The van der Waals surface area contributed by atoms with Gasteiger partial charge in [-0.25, -0.2) is 9.37 Å². The van der Waals surface area contributed by atoms with Crippen molar-refractivity contribution in [3.63, 3.8) is 0 Å². The number of halogens is 4. The third-order valence-electron chi connectivity index (χ3n) is 4.35. The first-order chi connectivity index (χ1) is 12.3. The van der Waals surface area contributed by atoms with E-state index in [1.807, 2.05) is 4.90 Å². The number of piperazine rings is 1. The van der Waals surface area contributed by atoms with Gasteiger partial charge in [0.2, 0.25) is 0 Å². The van der Waals surface area contributed by atoms with Crippen LogP contribution in [0.4, 0.5) is 23.2 Å². The quantitative estimate of drug-likeness (QED) is 0.763. The normalized spacial score (nSPS) is 15.3. The molecule has 0 atom stereocenters. The van der Waals surface area contributed by atoms with Crippen molar-refractivity contribution in [2.75, 3.05) is 31.1 Å². The maximum absolute atomic E-state index is 13.1. The van der Waals surface area contributed by atoms with Gasteiger partial charge >= 0.3 is 6.18 Å². The van der Waals surface area contributed by atoms with Gasteiger partial charge in [-0.1, -0.05) is 6.07 Å². The Kier molecular flexibility index (Phi) is 4.84. The van der Waals surface area contributed by atoms with Crippen LogP contribution in [0.3, 0.4) is 0 Å². The van der Waals surface area contributed by atoms with E-state index in [0.29, 0.717) is 37.4 Å². The lowest BCUT2D eigenvalue weighted by Crippen LogP contribution is -2.49. The molecule has 1 saturated heterocycles. The van der Waals surface area contributed by atoms with E-state index in [1.165, 1.54) is 12.1 Å². The molecule has 0 aliphatic carbocycles. The third-order valence-corrected chi connectivity index (χ3v) is 4.35. The summed E-state index contributed by atoms with van der Waals surface area (Å²) in [6.07, 6.45) is -3.39. The minimum Gasteiger partial charge on any atom is -0.368 e. The summed E-state index contributed by atoms with van der Waals surface area (Å²) >= 11 is 0. The number of hydrogen-bond acceptors (Lipinski definition) is 3. The number of benzene rings is 1. The molecular formula is C18H17F4N3O. The maximum atomic E-state index is 13.1. The zero-order valence-corrected chi connectivity index (χ0v) is 14.1. The summed E-state index contributed by atoms with van der Waals surface area (Å²) in [5.74, 6) is -0.806. The summed E-state index contributed by atoms with van der Waals surface area (Å²) in [5.41, 5.74) is 0.428. The number of pyridine rings is 1. The summed E-state index contributed by atoms with van der Waals surface area (Å²) in [4.78, 5) is 19.8. The van der Waals surface area contributed by atoms with Gasteiger partial charge in [0.25, 0.3) is 5.91 Å². The summed E-state index contributed by atoms with van der Waals surface area (Å²) in [7, 11) is 0. The fraction of sp³-hybridized carbons (Fsp3) is 0.333. The third kappa shape index (κ3) is 3.79. The predicted octanol–water partition coefficient (Wildman–Crippen LogP) is 3.51. The van der Waals surface area contributed by atoms with E-state index in [-0.39, 0.29) is 11.6 Å². The number of aromatic nitrogens is 1. The number of anilines is 1. The molecule has 1 aliphatic heterocycles. The van der Waals surface area contributed by atoms with E-state index in [0.717, 1.165) is 18.3 Å². The number of carbonyl (C=O) groups is 1. The number of hydrogen-bond donors (Lipinski definition) is 0. The van der Waals surface area contributed by atoms with Crippen molar-refractivity contribution in [3.05, 3.63) is 59.2 Å². The van der Waals surface area contributed by atoms with Crippen molar-refractivity contribution in [2.45, 2.75) is 13.1 Å². The molecule has 1 aromatic heterocycles. The van der Waals surface area contributed by atoms with Gasteiger partial charge < -0.3 is 9.80 Å². The van der Waals surface area contributed by atoms with E-state index in [4.69, 9.17) is 0 Å². The maximum Gasteiger partial charge on any atom is 0.416 e. The topological polar surface area (TPSA) is 36.4 Å². The largest absolute Gasteiger partial charge is 0.416 e. The molecule has 1 fully saturated rings. The van der Waals surface area contributed by atoms with Crippen LogP contribution in [0.1, 0.15) is 21.6 Å². The Labute approximate surface area is 148 Å². The average molecular weight is 367 g/mol. The molecule has 1 aliphatic rings. The van der Waals surface area contributed by atoms with E-state index in [1.54, 1.807) is 17.9 Å². The van der Waals surface area contributed by atoms with Crippen LogP contribution in [0.25, 0.3) is 0 Å². The molecule has 0 unspecified atom stereocenters. The van der Waals surface area contributed by atoms with Crippen LogP contribution in [0.5, 0.6) is 0 Å². The number of alkyl halides is 3. The summed E-state index contributed by atoms with van der Waals surface area (Å²) in [6, 6.07) is 6.40. The number of amides is 1. The molecule has 0 bridgehead atoms. The molecule has 8 heteroatoms. The molecule has 138 valence electrons. The Morgan fingerprint density at radius 2 is 1.81 bits per heavy atom. The highest BCUT2D eigenvalue weighted by molar-refractivity contribution is 5.93. The first-order valence-corrected chi connectivity index (χ1v) is 8.09. The van der Waals surface area contributed by atoms with Gasteiger partial charge in [-0.2, -0.15) is 13.2 Å². The average Bonchev–Trinajstić information content (AvgIpc) is 2.61. The van der Waals surface area contributed by atoms with Gasteiger partial charge in [0, 0.05) is 31.9 Å². The van der Waals surface area contributed by atoms with Crippen LogP contribution >= 0.6 is 0 Å². The Bertz CT molecular complexity index is 814. The van der Waals surface area contributed by atoms with Gasteiger partial charge in [-0.05, 0) is 36.8 Å². The molecule has 0 saturated carbocycles. The van der Waals surface area contributed by atoms with E-state index < -0.39 is 17.6 Å². The Morgan fingerprint density at radius 3 is 2.42 bits per heavy atom. The van der Waals surface area contributed by atoms with Crippen LogP contribution in [0.15, 0.2) is 36.5 Å². The SMILES string of the molecule is Cc1cc(F)cnc1C(=O)N1CCN(c2cccc(C(F)(F)F)c2)CC1. The van der Waals surface area contributed by atoms with Gasteiger partial charge in [-0.15, -0.1) is 0 Å². The molecule has 0 N–H and O–H groups in total. The standard InChI is InChI=1S/C18H17F4N3O/c1-12-9-14(19)11-23-16(12)17(26)25-7-5-24(6-8-25)15-4-2-3-13(10-15)18(20,21)22/h2-4,9-11H,5-8H2,1H3. The molecular weight excluding hydrogens is 350 g/mol. The highest BCUT2D eigenvalue weighted by Gasteiger charge is 2.31. The molecule has 1 amide bonds. The fourth-order valence-corrected chi connectivity index (χ4v) is 2.96. The van der Waals surface area contributed by atoms with Crippen molar-refractivity contribution < 1.29 is 22.4 Å². The number of carbonyl (C=O) groups excluding carboxylic acids is 1. The van der Waals surface area contributed by atoms with Crippen LogP contribution in [-0.2, 0) is 6.18 Å². The molecule has 2 heterocycles. The lowest BCUT2D eigenvalue weighted by molar-refractivity contribution is -0.137. The molecule has 26 heavy (non-hydrogen) atoms. The van der Waals surface area contributed by atoms with Crippen LogP contribution in [-0.4, -0.2) is 42.0 Å². The van der Waals surface area contributed by atoms with E-state index >= 15 is 0 Å². The monoisotopic (exact) mass is 367 g/mol. The molecule has 1 aromatic carbocycles. The van der Waals surface area contributed by atoms with E-state index in [9.17, 15) is 22.4 Å². The minimum absolute atomic E-state index is 0.193. The van der Waals surface area contributed by atoms with Crippen LogP contribution in [0, 0.1) is 12.7 Å². The first kappa shape index (κ1) is 18.2. The second kappa shape index (κ2) is 6.93. The summed E-state index contributed by atoms with van der Waals surface area (Å²) in [6.45, 7) is 3.14. The van der Waals surface area contributed by atoms with Gasteiger partial charge in [-0.3, -0.25) is 4.79 Å². The number of aryl methyl sites for hydroxylation is 1. The predicted molar refractivity (Wildman–Crippen MR) is 88.5 cm³/mol. The van der Waals surface area contributed by atoms with Crippen molar-refractivity contribution in [1.82, 2.24) is 9.88 Å². The highest BCUT2D eigenvalue weighted by Crippen LogP contribution is 2.31. The number of rotatable bonds is 2. The molecule has 4 nitrogen and oxygen atoms in total. The van der Waals surface area contributed by atoms with Crippen molar-refractivity contribution >= 4 is 11.6 Å². The Balaban J connectivity index is 1.68. The molecule has 0 radical (unpaired) electrons. The zero-order chi connectivity index (χ0) is 18.9. The lowest BCUT2D eigenvalue weighted by atomic mass is 10.1. The van der Waals surface area contributed by atoms with Gasteiger partial charge in [0.05, 0.1) is 11.8 Å². The number of nitrogens with zero attached hydrogens (tertiary/aromatic N) is 3. The Hall–Kier alpha value is -2.64. The first-order valence-electron chi connectivity index (χ1n) is 8.09. The fourth-order valence-electron chi connectivity index (χ4n) is 2.96. The van der Waals surface area contributed by atoms with E-state index in [2.05, 4.69) is 4.98 Å². The molecule has 0 spiro atoms. The van der Waals surface area contributed by atoms with Gasteiger partial charge in [0.15, 0.2) is 0 Å².